The summed E-state index contributed by atoms with van der Waals surface area (Å²) in [7, 11) is 0. The van der Waals surface area contributed by atoms with Gasteiger partial charge in [-0.2, -0.15) is 0 Å². The molecular formula is C16H14BrN3. The standard InChI is InChI=1S/C16H14BrN3/c17-14-4-2-1-3-11(14)10-20-15-7-8-19-16-9-12(18)5-6-13(15)16/h1-9H,10,18H2,(H,19,20). The van der Waals surface area contributed by atoms with Crippen molar-refractivity contribution in [2.45, 2.75) is 6.54 Å². The number of rotatable bonds is 3. The van der Waals surface area contributed by atoms with Crippen LogP contribution in [0, 0.1) is 0 Å². The molecule has 0 saturated heterocycles. The predicted octanol–water partition coefficient (Wildman–Crippen LogP) is 4.19. The van der Waals surface area contributed by atoms with E-state index >= 15 is 0 Å². The summed E-state index contributed by atoms with van der Waals surface area (Å²) in [5.74, 6) is 0. The number of fused-ring (bicyclic) bond motifs is 1. The van der Waals surface area contributed by atoms with Gasteiger partial charge < -0.3 is 11.1 Å². The molecule has 2 aromatic carbocycles. The Morgan fingerprint density at radius 3 is 2.80 bits per heavy atom. The van der Waals surface area contributed by atoms with E-state index in [4.69, 9.17) is 5.73 Å². The zero-order chi connectivity index (χ0) is 13.9. The first kappa shape index (κ1) is 12.9. The lowest BCUT2D eigenvalue weighted by Gasteiger charge is -2.11. The number of aromatic nitrogens is 1. The van der Waals surface area contributed by atoms with Gasteiger partial charge in [0.1, 0.15) is 0 Å². The summed E-state index contributed by atoms with van der Waals surface area (Å²) < 4.78 is 1.11. The van der Waals surface area contributed by atoms with Crippen LogP contribution in [0.15, 0.2) is 59.2 Å². The van der Waals surface area contributed by atoms with Crippen LogP contribution in [0.2, 0.25) is 0 Å². The van der Waals surface area contributed by atoms with Crippen molar-refractivity contribution in [3.63, 3.8) is 0 Å². The van der Waals surface area contributed by atoms with E-state index in [1.807, 2.05) is 42.5 Å². The smallest absolute Gasteiger partial charge is 0.0743 e. The maximum Gasteiger partial charge on any atom is 0.0743 e. The number of hydrogen-bond donors (Lipinski definition) is 2. The lowest BCUT2D eigenvalue weighted by atomic mass is 10.1. The highest BCUT2D eigenvalue weighted by Gasteiger charge is 2.03. The fourth-order valence-corrected chi connectivity index (χ4v) is 2.58. The molecule has 4 heteroatoms. The summed E-state index contributed by atoms with van der Waals surface area (Å²) in [5, 5.41) is 4.53. The summed E-state index contributed by atoms with van der Waals surface area (Å²) >= 11 is 3.56. The van der Waals surface area contributed by atoms with E-state index in [0.29, 0.717) is 0 Å². The Balaban J connectivity index is 1.90. The summed E-state index contributed by atoms with van der Waals surface area (Å²) in [5.41, 5.74) is 9.70. The van der Waals surface area contributed by atoms with E-state index in [-0.39, 0.29) is 0 Å². The molecule has 3 N–H and O–H groups in total. The zero-order valence-electron chi connectivity index (χ0n) is 10.8. The van der Waals surface area contributed by atoms with E-state index in [1.165, 1.54) is 5.56 Å². The molecule has 0 aliphatic rings. The summed E-state index contributed by atoms with van der Waals surface area (Å²) in [6, 6.07) is 16.0. The average Bonchev–Trinajstić information content (AvgIpc) is 2.46. The third-order valence-electron chi connectivity index (χ3n) is 3.19. The van der Waals surface area contributed by atoms with Crippen LogP contribution in [-0.4, -0.2) is 4.98 Å². The van der Waals surface area contributed by atoms with Crippen LogP contribution >= 0.6 is 15.9 Å². The van der Waals surface area contributed by atoms with Gasteiger partial charge in [0.15, 0.2) is 0 Å². The van der Waals surface area contributed by atoms with Crippen LogP contribution in [-0.2, 0) is 6.54 Å². The number of anilines is 2. The number of nitrogens with two attached hydrogens (primary N) is 1. The Hall–Kier alpha value is -2.07. The minimum Gasteiger partial charge on any atom is -0.399 e. The van der Waals surface area contributed by atoms with Crippen molar-refractivity contribution in [3.05, 3.63) is 64.8 Å². The molecule has 3 aromatic rings. The number of nitrogen functional groups attached to an aromatic ring is 1. The normalized spacial score (nSPS) is 10.7. The monoisotopic (exact) mass is 327 g/mol. The van der Waals surface area contributed by atoms with Crippen LogP contribution in [0.1, 0.15) is 5.56 Å². The van der Waals surface area contributed by atoms with Crippen LogP contribution in [0.25, 0.3) is 10.9 Å². The molecule has 100 valence electrons. The minimum absolute atomic E-state index is 0.730. The average molecular weight is 328 g/mol. The molecule has 0 atom stereocenters. The van der Waals surface area contributed by atoms with E-state index in [1.54, 1.807) is 6.20 Å². The Bertz CT molecular complexity index is 756. The van der Waals surface area contributed by atoms with Gasteiger partial charge in [-0.1, -0.05) is 34.1 Å². The first-order chi connectivity index (χ1) is 9.74. The van der Waals surface area contributed by atoms with E-state index in [9.17, 15) is 0 Å². The van der Waals surface area contributed by atoms with Crippen LogP contribution in [0.5, 0.6) is 0 Å². The Morgan fingerprint density at radius 2 is 1.95 bits per heavy atom. The molecule has 0 saturated carbocycles. The number of benzene rings is 2. The van der Waals surface area contributed by atoms with Gasteiger partial charge in [-0.25, -0.2) is 0 Å². The lowest BCUT2D eigenvalue weighted by molar-refractivity contribution is 1.14. The topological polar surface area (TPSA) is 50.9 Å². The lowest BCUT2D eigenvalue weighted by Crippen LogP contribution is -2.01. The SMILES string of the molecule is Nc1ccc2c(NCc3ccccc3Br)ccnc2c1. The van der Waals surface area contributed by atoms with Gasteiger partial charge in [0.25, 0.3) is 0 Å². The molecule has 0 spiro atoms. The van der Waals surface area contributed by atoms with Gasteiger partial charge in [0.05, 0.1) is 5.52 Å². The summed E-state index contributed by atoms with van der Waals surface area (Å²) in [4.78, 5) is 4.35. The van der Waals surface area contributed by atoms with Gasteiger partial charge in [-0.3, -0.25) is 4.98 Å². The van der Waals surface area contributed by atoms with Crippen LogP contribution in [0.3, 0.4) is 0 Å². The molecule has 1 aromatic heterocycles. The van der Waals surface area contributed by atoms with Gasteiger partial charge in [-0.15, -0.1) is 0 Å². The maximum absolute atomic E-state index is 5.79. The highest BCUT2D eigenvalue weighted by Crippen LogP contribution is 2.24. The van der Waals surface area contributed by atoms with Crippen molar-refractivity contribution in [2.75, 3.05) is 11.1 Å². The number of nitrogens with one attached hydrogen (secondary N) is 1. The van der Waals surface area contributed by atoms with Crippen molar-refractivity contribution in [1.82, 2.24) is 4.98 Å². The molecule has 0 aliphatic heterocycles. The molecule has 0 amide bonds. The van der Waals surface area contributed by atoms with Crippen molar-refractivity contribution >= 4 is 38.2 Å². The zero-order valence-corrected chi connectivity index (χ0v) is 12.4. The molecule has 3 rings (SSSR count). The summed E-state index contributed by atoms with van der Waals surface area (Å²) in [6.07, 6.45) is 1.80. The van der Waals surface area contributed by atoms with Gasteiger partial charge in [0.2, 0.25) is 0 Å². The van der Waals surface area contributed by atoms with E-state index in [0.717, 1.165) is 33.3 Å². The second-order valence-corrected chi connectivity index (χ2v) is 5.43. The minimum atomic E-state index is 0.730. The third-order valence-corrected chi connectivity index (χ3v) is 3.97. The summed E-state index contributed by atoms with van der Waals surface area (Å²) in [6.45, 7) is 0.755. The molecule has 0 aliphatic carbocycles. The second-order valence-electron chi connectivity index (χ2n) is 4.58. The van der Waals surface area contributed by atoms with Crippen molar-refractivity contribution < 1.29 is 0 Å². The first-order valence-corrected chi connectivity index (χ1v) is 7.15. The van der Waals surface area contributed by atoms with Crippen LogP contribution < -0.4 is 11.1 Å². The molecule has 1 heterocycles. The van der Waals surface area contributed by atoms with Crippen LogP contribution in [0.4, 0.5) is 11.4 Å². The molecular weight excluding hydrogens is 314 g/mol. The highest BCUT2D eigenvalue weighted by atomic mass is 79.9. The van der Waals surface area contributed by atoms with E-state index < -0.39 is 0 Å². The van der Waals surface area contributed by atoms with Crippen molar-refractivity contribution in [3.8, 4) is 0 Å². The highest BCUT2D eigenvalue weighted by molar-refractivity contribution is 9.10. The quantitative estimate of drug-likeness (QED) is 0.709. The van der Waals surface area contributed by atoms with Gasteiger partial charge >= 0.3 is 0 Å². The fourth-order valence-electron chi connectivity index (χ4n) is 2.15. The molecule has 0 fully saturated rings. The molecule has 0 unspecified atom stereocenters. The van der Waals surface area contributed by atoms with Gasteiger partial charge in [-0.05, 0) is 35.9 Å². The Kier molecular flexibility index (Phi) is 3.56. The Labute approximate surface area is 126 Å². The first-order valence-electron chi connectivity index (χ1n) is 6.35. The second kappa shape index (κ2) is 5.51. The Morgan fingerprint density at radius 1 is 1.10 bits per heavy atom. The van der Waals surface area contributed by atoms with E-state index in [2.05, 4.69) is 32.3 Å². The third kappa shape index (κ3) is 2.60. The fraction of sp³-hybridized carbons (Fsp3) is 0.0625. The molecule has 20 heavy (non-hydrogen) atoms. The number of hydrogen-bond acceptors (Lipinski definition) is 3. The molecule has 0 bridgehead atoms. The number of pyridine rings is 1. The number of nitrogens with zero attached hydrogens (tertiary/aromatic N) is 1. The molecule has 0 radical (unpaired) electrons. The maximum atomic E-state index is 5.79. The predicted molar refractivity (Wildman–Crippen MR) is 87.6 cm³/mol. The molecule has 3 nitrogen and oxygen atoms in total. The number of halogens is 1. The largest absolute Gasteiger partial charge is 0.399 e. The van der Waals surface area contributed by atoms with Crippen molar-refractivity contribution in [2.24, 2.45) is 0 Å². The van der Waals surface area contributed by atoms with Gasteiger partial charge in [0, 0.05) is 34.0 Å². The van der Waals surface area contributed by atoms with Crippen molar-refractivity contribution in [1.29, 1.82) is 0 Å².